The van der Waals surface area contributed by atoms with E-state index in [1.807, 2.05) is 18.2 Å². The summed E-state index contributed by atoms with van der Waals surface area (Å²) in [4.78, 5) is 31.5. The third kappa shape index (κ3) is 4.84. The average Bonchev–Trinajstić information content (AvgIpc) is 3.43. The molecule has 0 unspecified atom stereocenters. The Morgan fingerprint density at radius 3 is 2.77 bits per heavy atom. The molecule has 3 heterocycles. The molecule has 9 nitrogen and oxygen atoms in total. The van der Waals surface area contributed by atoms with Crippen molar-refractivity contribution in [3.05, 3.63) is 63.6 Å². The molecule has 2 aliphatic rings. The van der Waals surface area contributed by atoms with E-state index in [1.54, 1.807) is 17.2 Å². The SMILES string of the molecule is CS(=O)(=O)c1ccc(CC(=C2SC(N3CCNC(=O)C3)=NC2=O)c2ccc3[nH]ncc3c2)c(Cl)c1. The Bertz CT molecular complexity index is 1540. The van der Waals surface area contributed by atoms with Crippen LogP contribution in [-0.4, -0.2) is 66.4 Å². The Kier molecular flexibility index (Phi) is 6.16. The second kappa shape index (κ2) is 9.14. The third-order valence-corrected chi connectivity index (χ3v) is 8.40. The molecule has 0 spiro atoms. The van der Waals surface area contributed by atoms with Crippen LogP contribution in [0.4, 0.5) is 0 Å². The van der Waals surface area contributed by atoms with Gasteiger partial charge < -0.3 is 10.2 Å². The lowest BCUT2D eigenvalue weighted by atomic mass is 9.96. The molecular weight excluding hydrogens is 510 g/mol. The number of hydrogen-bond donors (Lipinski definition) is 2. The highest BCUT2D eigenvalue weighted by atomic mass is 35.5. The van der Waals surface area contributed by atoms with E-state index in [2.05, 4.69) is 20.5 Å². The van der Waals surface area contributed by atoms with Crippen LogP contribution in [0.15, 0.2) is 57.4 Å². The van der Waals surface area contributed by atoms with E-state index in [0.717, 1.165) is 22.7 Å². The Hall–Kier alpha value is -3.15. The Labute approximate surface area is 210 Å². The number of benzene rings is 2. The second-order valence-corrected chi connectivity index (χ2v) is 11.7. The predicted octanol–water partition coefficient (Wildman–Crippen LogP) is 2.63. The van der Waals surface area contributed by atoms with E-state index in [0.29, 0.717) is 39.3 Å². The quantitative estimate of drug-likeness (QED) is 0.498. The minimum absolute atomic E-state index is 0.118. The summed E-state index contributed by atoms with van der Waals surface area (Å²) in [5.74, 6) is -0.505. The van der Waals surface area contributed by atoms with Gasteiger partial charge in [-0.15, -0.1) is 0 Å². The van der Waals surface area contributed by atoms with Crippen molar-refractivity contribution in [1.29, 1.82) is 0 Å². The molecule has 1 fully saturated rings. The van der Waals surface area contributed by atoms with E-state index < -0.39 is 9.84 Å². The molecule has 12 heteroatoms. The number of aliphatic imine (C=N–C) groups is 1. The number of halogens is 1. The zero-order chi connectivity index (χ0) is 24.7. The number of rotatable bonds is 4. The number of aromatic nitrogens is 2. The highest BCUT2D eigenvalue weighted by Crippen LogP contribution is 2.38. The molecule has 35 heavy (non-hydrogen) atoms. The number of allylic oxidation sites excluding steroid dienone is 1. The molecule has 1 aromatic heterocycles. The van der Waals surface area contributed by atoms with Gasteiger partial charge >= 0.3 is 0 Å². The summed E-state index contributed by atoms with van der Waals surface area (Å²) in [5.41, 5.74) is 3.03. The molecule has 5 rings (SSSR count). The van der Waals surface area contributed by atoms with Crippen LogP contribution in [0.25, 0.3) is 16.5 Å². The van der Waals surface area contributed by atoms with Crippen LogP contribution >= 0.6 is 23.4 Å². The molecule has 3 aromatic rings. The van der Waals surface area contributed by atoms with Crippen molar-refractivity contribution in [3.63, 3.8) is 0 Å². The van der Waals surface area contributed by atoms with Gasteiger partial charge in [0.1, 0.15) is 0 Å². The maximum Gasteiger partial charge on any atom is 0.286 e. The number of H-pyrrole nitrogens is 1. The van der Waals surface area contributed by atoms with Crippen LogP contribution in [0.2, 0.25) is 5.02 Å². The summed E-state index contributed by atoms with van der Waals surface area (Å²) in [6.07, 6.45) is 3.11. The summed E-state index contributed by atoms with van der Waals surface area (Å²) in [7, 11) is -3.41. The van der Waals surface area contributed by atoms with E-state index in [4.69, 9.17) is 11.6 Å². The average molecular weight is 530 g/mol. The maximum absolute atomic E-state index is 13.1. The van der Waals surface area contributed by atoms with Gasteiger partial charge in [0.2, 0.25) is 5.91 Å². The fourth-order valence-corrected chi connectivity index (χ4v) is 5.96. The van der Waals surface area contributed by atoms with Crippen molar-refractivity contribution in [1.82, 2.24) is 20.4 Å². The summed E-state index contributed by atoms with van der Waals surface area (Å²) in [6, 6.07) is 10.3. The zero-order valence-corrected chi connectivity index (χ0v) is 20.9. The molecule has 0 atom stereocenters. The van der Waals surface area contributed by atoms with Gasteiger partial charge in [-0.3, -0.25) is 14.7 Å². The van der Waals surface area contributed by atoms with E-state index in [1.165, 1.54) is 23.9 Å². The first kappa shape index (κ1) is 23.6. The number of nitrogens with zero attached hydrogens (tertiary/aromatic N) is 3. The Morgan fingerprint density at radius 2 is 2.03 bits per heavy atom. The first-order valence-electron chi connectivity index (χ1n) is 10.7. The molecule has 180 valence electrons. The van der Waals surface area contributed by atoms with Gasteiger partial charge in [0.25, 0.3) is 5.91 Å². The summed E-state index contributed by atoms with van der Waals surface area (Å²) in [5, 5.41) is 11.4. The van der Waals surface area contributed by atoms with Gasteiger partial charge in [-0.05, 0) is 52.7 Å². The van der Waals surface area contributed by atoms with Gasteiger partial charge in [0.15, 0.2) is 15.0 Å². The summed E-state index contributed by atoms with van der Waals surface area (Å²) < 4.78 is 23.9. The number of amidine groups is 1. The Balaban J connectivity index is 1.56. The number of carbonyl (C=O) groups is 2. The first-order valence-corrected chi connectivity index (χ1v) is 13.8. The molecule has 2 amide bonds. The number of amides is 2. The maximum atomic E-state index is 13.1. The lowest BCUT2D eigenvalue weighted by molar-refractivity contribution is -0.123. The highest BCUT2D eigenvalue weighted by Gasteiger charge is 2.31. The molecule has 0 radical (unpaired) electrons. The molecule has 2 N–H and O–H groups in total. The number of hydrogen-bond acceptors (Lipinski definition) is 7. The van der Waals surface area contributed by atoms with Crippen LogP contribution in [0.1, 0.15) is 11.1 Å². The van der Waals surface area contributed by atoms with E-state index in [9.17, 15) is 18.0 Å². The zero-order valence-electron chi connectivity index (χ0n) is 18.5. The smallest absolute Gasteiger partial charge is 0.286 e. The standard InChI is InChI=1S/C23H20ClN5O4S2/c1-35(32,33)16-4-2-14(18(24)10-16)9-17(13-3-5-19-15(8-13)11-26-28-19)21-22(31)27-23(34-21)29-7-6-25-20(30)12-29/h2-5,8,10-11H,6-7,9,12H2,1H3,(H,25,30)(H,26,28). The van der Waals surface area contributed by atoms with Crippen molar-refractivity contribution >= 4 is 66.7 Å². The number of piperazine rings is 1. The van der Waals surface area contributed by atoms with Gasteiger partial charge in [0.05, 0.1) is 28.1 Å². The molecule has 0 saturated carbocycles. The third-order valence-electron chi connectivity index (χ3n) is 5.78. The van der Waals surface area contributed by atoms with Crippen molar-refractivity contribution in [2.24, 2.45) is 4.99 Å². The lowest BCUT2D eigenvalue weighted by Crippen LogP contribution is -2.49. The van der Waals surface area contributed by atoms with Gasteiger partial charge in [0, 0.05) is 36.2 Å². The first-order chi connectivity index (χ1) is 16.7. The highest BCUT2D eigenvalue weighted by molar-refractivity contribution is 8.18. The Morgan fingerprint density at radius 1 is 1.20 bits per heavy atom. The fourth-order valence-electron chi connectivity index (χ4n) is 3.96. The number of fused-ring (bicyclic) bond motifs is 1. The van der Waals surface area contributed by atoms with Crippen LogP contribution in [0, 0.1) is 0 Å². The van der Waals surface area contributed by atoms with Crippen LogP contribution in [0.5, 0.6) is 0 Å². The number of nitrogens with one attached hydrogen (secondary N) is 2. The number of sulfone groups is 1. The largest absolute Gasteiger partial charge is 0.353 e. The van der Waals surface area contributed by atoms with Gasteiger partial charge in [-0.1, -0.05) is 23.7 Å². The normalized spacial score (nSPS) is 18.1. The monoisotopic (exact) mass is 529 g/mol. The van der Waals surface area contributed by atoms with Crippen molar-refractivity contribution in [2.45, 2.75) is 11.3 Å². The number of aromatic amines is 1. The van der Waals surface area contributed by atoms with Crippen LogP contribution < -0.4 is 5.32 Å². The molecule has 1 saturated heterocycles. The number of thioether (sulfide) groups is 1. The fraction of sp³-hybridized carbons (Fsp3) is 0.217. The summed E-state index contributed by atoms with van der Waals surface area (Å²) >= 11 is 7.71. The van der Waals surface area contributed by atoms with Crippen molar-refractivity contribution in [2.75, 3.05) is 25.9 Å². The molecule has 2 aliphatic heterocycles. The topological polar surface area (TPSA) is 125 Å². The van der Waals surface area contributed by atoms with Crippen molar-refractivity contribution < 1.29 is 18.0 Å². The minimum Gasteiger partial charge on any atom is -0.353 e. The second-order valence-electron chi connectivity index (χ2n) is 8.25. The molecule has 0 aliphatic carbocycles. The predicted molar refractivity (Wildman–Crippen MR) is 136 cm³/mol. The van der Waals surface area contributed by atoms with Crippen LogP contribution in [-0.2, 0) is 25.8 Å². The number of carbonyl (C=O) groups excluding carboxylic acids is 2. The lowest BCUT2D eigenvalue weighted by Gasteiger charge is -2.27. The molecule has 2 aromatic carbocycles. The minimum atomic E-state index is -3.41. The van der Waals surface area contributed by atoms with Crippen LogP contribution in [0.3, 0.4) is 0 Å². The van der Waals surface area contributed by atoms with E-state index >= 15 is 0 Å². The van der Waals surface area contributed by atoms with E-state index in [-0.39, 0.29) is 29.7 Å². The summed E-state index contributed by atoms with van der Waals surface area (Å²) in [6.45, 7) is 1.19. The van der Waals surface area contributed by atoms with Gasteiger partial charge in [-0.2, -0.15) is 10.1 Å². The molecular formula is C23H20ClN5O4S2. The molecule has 0 bridgehead atoms. The van der Waals surface area contributed by atoms with Crippen molar-refractivity contribution in [3.8, 4) is 0 Å². The van der Waals surface area contributed by atoms with Gasteiger partial charge in [-0.25, -0.2) is 8.42 Å².